The number of likely N-dealkylation sites (tertiary alicyclic amines) is 1. The first-order valence-electron chi connectivity index (χ1n) is 7.35. The van der Waals surface area contributed by atoms with Crippen LogP contribution in [0.15, 0.2) is 29.4 Å². The van der Waals surface area contributed by atoms with E-state index in [4.69, 9.17) is 0 Å². The maximum Gasteiger partial charge on any atom is 0.260 e. The van der Waals surface area contributed by atoms with Crippen molar-refractivity contribution in [3.63, 3.8) is 0 Å². The average Bonchev–Trinajstić information content (AvgIpc) is 2.87. The van der Waals surface area contributed by atoms with E-state index in [0.29, 0.717) is 6.54 Å². The van der Waals surface area contributed by atoms with E-state index in [1.807, 2.05) is 0 Å². The minimum atomic E-state index is -3.61. The molecular weight excluding hydrogens is 320 g/mol. The van der Waals surface area contributed by atoms with Gasteiger partial charge in [-0.25, -0.2) is 13.4 Å². The van der Waals surface area contributed by atoms with Crippen molar-refractivity contribution < 1.29 is 18.0 Å². The van der Waals surface area contributed by atoms with E-state index in [0.717, 1.165) is 0 Å². The lowest BCUT2D eigenvalue weighted by Gasteiger charge is -2.42. The molecule has 1 unspecified atom stereocenters. The number of nitrogens with one attached hydrogen (secondary N) is 1. The number of rotatable bonds is 4. The highest BCUT2D eigenvalue weighted by molar-refractivity contribution is 7.89. The van der Waals surface area contributed by atoms with Gasteiger partial charge in [0.1, 0.15) is 0 Å². The zero-order chi connectivity index (χ0) is 16.6. The summed E-state index contributed by atoms with van der Waals surface area (Å²) in [5.74, 6) is -0.606. The van der Waals surface area contributed by atoms with Crippen LogP contribution in [0, 0.1) is 5.92 Å². The molecule has 1 N–H and O–H groups in total. The third-order valence-electron chi connectivity index (χ3n) is 4.29. The fraction of sp³-hybridized carbons (Fsp3) is 0.500. The molecule has 1 aromatic rings. The minimum Gasteiger partial charge on any atom is -0.359 e. The Morgan fingerprint density at radius 3 is 2.65 bits per heavy atom. The normalized spacial score (nSPS) is 22.9. The number of amides is 2. The van der Waals surface area contributed by atoms with Crippen molar-refractivity contribution >= 4 is 21.8 Å². The molecule has 0 saturated carbocycles. The van der Waals surface area contributed by atoms with Gasteiger partial charge in [0.2, 0.25) is 11.8 Å². The number of nitrogens with zero attached hydrogens (tertiary/aromatic N) is 3. The fourth-order valence-corrected chi connectivity index (χ4v) is 4.35. The summed E-state index contributed by atoms with van der Waals surface area (Å²) in [6.45, 7) is 0.830. The lowest BCUT2D eigenvalue weighted by molar-refractivity contribution is -0.132. The predicted octanol–water partition coefficient (Wildman–Crippen LogP) is -0.951. The summed E-state index contributed by atoms with van der Waals surface area (Å²) in [5.41, 5.74) is 0. The average molecular weight is 338 g/mol. The molecule has 0 aromatic carbocycles. The molecule has 124 valence electrons. The molecule has 3 heterocycles. The van der Waals surface area contributed by atoms with E-state index in [-0.39, 0.29) is 48.3 Å². The highest BCUT2D eigenvalue weighted by Gasteiger charge is 2.45. The molecule has 3 rings (SSSR count). The Hall–Kier alpha value is -2.00. The van der Waals surface area contributed by atoms with Gasteiger partial charge in [-0.3, -0.25) is 9.59 Å². The second-order valence-corrected chi connectivity index (χ2v) is 7.59. The summed E-state index contributed by atoms with van der Waals surface area (Å²) < 4.78 is 26.0. The van der Waals surface area contributed by atoms with Crippen LogP contribution in [0.25, 0.3) is 0 Å². The Morgan fingerprint density at radius 2 is 2.04 bits per heavy atom. The van der Waals surface area contributed by atoms with Crippen LogP contribution in [0.1, 0.15) is 6.42 Å². The molecule has 2 saturated heterocycles. The van der Waals surface area contributed by atoms with E-state index in [9.17, 15) is 18.0 Å². The smallest absolute Gasteiger partial charge is 0.260 e. The fourth-order valence-electron chi connectivity index (χ4n) is 2.91. The van der Waals surface area contributed by atoms with Crippen molar-refractivity contribution in [1.29, 1.82) is 0 Å². The molecule has 0 spiro atoms. The van der Waals surface area contributed by atoms with Crippen molar-refractivity contribution in [2.75, 3.05) is 26.7 Å². The molecule has 2 fully saturated rings. The Labute approximate surface area is 134 Å². The van der Waals surface area contributed by atoms with Crippen LogP contribution < -0.4 is 5.32 Å². The first kappa shape index (κ1) is 15.9. The minimum absolute atomic E-state index is 0.00874. The molecule has 0 bridgehead atoms. The second kappa shape index (κ2) is 5.89. The summed E-state index contributed by atoms with van der Waals surface area (Å²) in [5, 5.41) is 2.55. The molecule has 1 atom stereocenters. The van der Waals surface area contributed by atoms with Crippen molar-refractivity contribution in [1.82, 2.24) is 19.5 Å². The zero-order valence-electron chi connectivity index (χ0n) is 12.7. The largest absolute Gasteiger partial charge is 0.359 e. The Bertz CT molecular complexity index is 716. The molecule has 0 aliphatic carbocycles. The number of pyridine rings is 1. The molecule has 23 heavy (non-hydrogen) atoms. The number of hydrogen-bond acceptors (Lipinski definition) is 5. The Morgan fingerprint density at radius 1 is 1.30 bits per heavy atom. The number of carbonyl (C=O) groups excluding carboxylic acids is 2. The summed E-state index contributed by atoms with van der Waals surface area (Å²) >= 11 is 0. The third kappa shape index (κ3) is 2.81. The van der Waals surface area contributed by atoms with Crippen LogP contribution in [0.4, 0.5) is 0 Å². The summed E-state index contributed by atoms with van der Waals surface area (Å²) in [6.07, 6.45) is 1.62. The number of carbonyl (C=O) groups is 2. The highest BCUT2D eigenvalue weighted by atomic mass is 32.2. The molecule has 1 aromatic heterocycles. The number of sulfonamides is 1. The van der Waals surface area contributed by atoms with Crippen molar-refractivity contribution in [3.05, 3.63) is 24.4 Å². The van der Waals surface area contributed by atoms with Crippen LogP contribution in [0.3, 0.4) is 0 Å². The maximum absolute atomic E-state index is 12.4. The van der Waals surface area contributed by atoms with Gasteiger partial charge in [0.15, 0.2) is 5.03 Å². The zero-order valence-corrected chi connectivity index (χ0v) is 13.5. The molecule has 8 nitrogen and oxygen atoms in total. The van der Waals surface area contributed by atoms with E-state index >= 15 is 0 Å². The van der Waals surface area contributed by atoms with Gasteiger partial charge in [-0.2, -0.15) is 4.31 Å². The standard InChI is InChI=1S/C14H18N4O4S/c1-15-14(20)10-6-13(19)18(7-10)11-8-17(9-11)23(21,22)12-4-2-3-5-16-12/h2-5,10-11H,6-9H2,1H3,(H,15,20). The van der Waals surface area contributed by atoms with E-state index < -0.39 is 10.0 Å². The summed E-state index contributed by atoms with van der Waals surface area (Å²) in [4.78, 5) is 29.2. The lowest BCUT2D eigenvalue weighted by Crippen LogP contribution is -2.61. The quantitative estimate of drug-likeness (QED) is 0.763. The Kier molecular flexibility index (Phi) is 4.07. The van der Waals surface area contributed by atoms with Crippen molar-refractivity contribution in [2.24, 2.45) is 5.92 Å². The van der Waals surface area contributed by atoms with Gasteiger partial charge < -0.3 is 10.2 Å². The van der Waals surface area contributed by atoms with Gasteiger partial charge in [0, 0.05) is 39.3 Å². The molecule has 2 aliphatic rings. The van der Waals surface area contributed by atoms with E-state index in [2.05, 4.69) is 10.3 Å². The molecule has 2 aliphatic heterocycles. The van der Waals surface area contributed by atoms with Crippen LogP contribution >= 0.6 is 0 Å². The van der Waals surface area contributed by atoms with Gasteiger partial charge in [0.05, 0.1) is 12.0 Å². The van der Waals surface area contributed by atoms with Gasteiger partial charge >= 0.3 is 0 Å². The van der Waals surface area contributed by atoms with Crippen molar-refractivity contribution in [2.45, 2.75) is 17.5 Å². The monoisotopic (exact) mass is 338 g/mol. The topological polar surface area (TPSA) is 99.7 Å². The number of aromatic nitrogens is 1. The second-order valence-electron chi connectivity index (χ2n) is 5.71. The van der Waals surface area contributed by atoms with E-state index in [1.54, 1.807) is 24.1 Å². The van der Waals surface area contributed by atoms with E-state index in [1.165, 1.54) is 16.6 Å². The molecule has 0 radical (unpaired) electrons. The van der Waals surface area contributed by atoms with Gasteiger partial charge in [-0.1, -0.05) is 6.07 Å². The molecule has 2 amide bonds. The van der Waals surface area contributed by atoms with Crippen LogP contribution in [0.2, 0.25) is 0 Å². The first-order valence-corrected chi connectivity index (χ1v) is 8.79. The highest BCUT2D eigenvalue weighted by Crippen LogP contribution is 2.28. The number of hydrogen-bond donors (Lipinski definition) is 1. The predicted molar refractivity (Wildman–Crippen MR) is 80.7 cm³/mol. The molecule has 9 heteroatoms. The van der Waals surface area contributed by atoms with Gasteiger partial charge in [0.25, 0.3) is 10.0 Å². The van der Waals surface area contributed by atoms with Gasteiger partial charge in [-0.15, -0.1) is 0 Å². The first-order chi connectivity index (χ1) is 10.9. The van der Waals surface area contributed by atoms with Gasteiger partial charge in [-0.05, 0) is 12.1 Å². The Balaban J connectivity index is 1.63. The van der Waals surface area contributed by atoms with Crippen LogP contribution in [-0.2, 0) is 19.6 Å². The SMILES string of the molecule is CNC(=O)C1CC(=O)N(C2CN(S(=O)(=O)c3ccccn3)C2)C1. The lowest BCUT2D eigenvalue weighted by atomic mass is 10.1. The van der Waals surface area contributed by atoms with Crippen molar-refractivity contribution in [3.8, 4) is 0 Å². The summed E-state index contributed by atoms with van der Waals surface area (Å²) in [6, 6.07) is 4.55. The molecular formula is C14H18N4O4S. The third-order valence-corrected chi connectivity index (χ3v) is 6.04. The van der Waals surface area contributed by atoms with Crippen LogP contribution in [0.5, 0.6) is 0 Å². The van der Waals surface area contributed by atoms with Crippen LogP contribution in [-0.4, -0.2) is 67.1 Å². The maximum atomic E-state index is 12.4. The summed E-state index contributed by atoms with van der Waals surface area (Å²) in [7, 11) is -2.07.